The Balaban J connectivity index is 3.58. The molecule has 0 fully saturated rings. The summed E-state index contributed by atoms with van der Waals surface area (Å²) in [6, 6.07) is 1.71. The van der Waals surface area contributed by atoms with Gasteiger partial charge in [0.25, 0.3) is 0 Å². The molecule has 0 aromatic heterocycles. The van der Waals surface area contributed by atoms with Crippen LogP contribution in [0, 0.1) is 0 Å². The molecule has 1 N–H and O–H groups in total. The Morgan fingerprint density at radius 2 is 0.875 bits per heavy atom. The number of hydrogen-bond acceptors (Lipinski definition) is 7. The van der Waals surface area contributed by atoms with E-state index in [1.807, 2.05) is 0 Å². The van der Waals surface area contributed by atoms with Crippen LogP contribution in [0.4, 0.5) is 0 Å². The van der Waals surface area contributed by atoms with Gasteiger partial charge in [-0.15, -0.1) is 0 Å². The molecule has 0 aromatic rings. The van der Waals surface area contributed by atoms with Gasteiger partial charge in [0, 0.05) is 54.7 Å². The topological polar surface area (TPSA) is 67.4 Å². The first-order valence-corrected chi connectivity index (χ1v) is 12.5. The van der Waals surface area contributed by atoms with E-state index in [1.54, 1.807) is 42.7 Å². The second kappa shape index (κ2) is 14.3. The smallest absolute Gasteiger partial charge is 0.377 e. The maximum Gasteiger partial charge on any atom is 0.500 e. The Kier molecular flexibility index (Phi) is 14.4. The summed E-state index contributed by atoms with van der Waals surface area (Å²) < 4.78 is 32.5. The van der Waals surface area contributed by atoms with Gasteiger partial charge < -0.3 is 31.9 Å². The Morgan fingerprint density at radius 1 is 0.500 bits per heavy atom. The molecule has 0 aliphatic heterocycles. The molecule has 0 unspecified atom stereocenters. The molecule has 0 saturated carbocycles. The van der Waals surface area contributed by atoms with Gasteiger partial charge in [0.1, 0.15) is 0 Å². The molecule has 0 bridgehead atoms. The molecule has 7 nitrogen and oxygen atoms in total. The van der Waals surface area contributed by atoms with Gasteiger partial charge in [-0.05, 0) is 32.4 Å². The second-order valence-electron chi connectivity index (χ2n) is 5.61. The van der Waals surface area contributed by atoms with Crippen molar-refractivity contribution in [2.45, 2.75) is 44.2 Å². The van der Waals surface area contributed by atoms with Crippen LogP contribution in [-0.4, -0.2) is 73.4 Å². The Bertz CT molecular complexity index is 247. The summed E-state index contributed by atoms with van der Waals surface area (Å²) in [5, 5.41) is 3.46. The van der Waals surface area contributed by atoms with E-state index in [4.69, 9.17) is 26.6 Å². The Labute approximate surface area is 150 Å². The van der Waals surface area contributed by atoms with Crippen LogP contribution in [0.1, 0.15) is 32.1 Å². The molecule has 0 atom stereocenters. The average Bonchev–Trinajstić information content (AvgIpc) is 2.64. The van der Waals surface area contributed by atoms with E-state index >= 15 is 0 Å². The third kappa shape index (κ3) is 9.02. The Hall–Kier alpha value is 0.154. The molecular weight excluding hydrogens is 346 g/mol. The van der Waals surface area contributed by atoms with Crippen molar-refractivity contribution in [3.63, 3.8) is 0 Å². The number of nitrogens with one attached hydrogen (secondary N) is 1. The molecule has 0 aliphatic rings. The van der Waals surface area contributed by atoms with E-state index in [-0.39, 0.29) is 0 Å². The van der Waals surface area contributed by atoms with Gasteiger partial charge in [0.15, 0.2) is 0 Å². The zero-order chi connectivity index (χ0) is 18.3. The first-order chi connectivity index (χ1) is 11.6. The summed E-state index contributed by atoms with van der Waals surface area (Å²) in [6.07, 6.45) is 5.60. The van der Waals surface area contributed by atoms with E-state index in [1.165, 1.54) is 19.3 Å². The minimum absolute atomic E-state index is 0.835. The normalized spacial score (nSPS) is 12.8. The molecule has 0 amide bonds. The summed E-state index contributed by atoms with van der Waals surface area (Å²) in [5.41, 5.74) is 0. The lowest BCUT2D eigenvalue weighted by Crippen LogP contribution is -2.43. The average molecular weight is 384 g/mol. The van der Waals surface area contributed by atoms with E-state index in [0.717, 1.165) is 38.0 Å². The summed E-state index contributed by atoms with van der Waals surface area (Å²) >= 11 is 0. The monoisotopic (exact) mass is 383 g/mol. The van der Waals surface area contributed by atoms with E-state index in [2.05, 4.69) is 5.32 Å². The van der Waals surface area contributed by atoms with Gasteiger partial charge in [-0.2, -0.15) is 0 Å². The minimum Gasteiger partial charge on any atom is -0.377 e. The van der Waals surface area contributed by atoms with Crippen LogP contribution < -0.4 is 5.32 Å². The summed E-state index contributed by atoms with van der Waals surface area (Å²) in [5.74, 6) is 0. The molecule has 146 valence electrons. The molecule has 0 aromatic carbocycles. The molecule has 0 spiro atoms. The van der Waals surface area contributed by atoms with E-state index in [9.17, 15) is 0 Å². The van der Waals surface area contributed by atoms with Gasteiger partial charge in [0.05, 0.1) is 0 Å². The van der Waals surface area contributed by atoms with Crippen molar-refractivity contribution in [1.82, 2.24) is 5.32 Å². The first-order valence-electron chi connectivity index (χ1n) is 8.59. The molecule has 0 aliphatic carbocycles. The molecular formula is C15H37NO6Si2. The molecule has 0 rings (SSSR count). The quantitative estimate of drug-likeness (QED) is 0.305. The molecule has 0 heterocycles. The number of hydrogen-bond donors (Lipinski definition) is 1. The fourth-order valence-electron chi connectivity index (χ4n) is 2.61. The van der Waals surface area contributed by atoms with Crippen molar-refractivity contribution in [3.8, 4) is 0 Å². The van der Waals surface area contributed by atoms with Gasteiger partial charge in [0.2, 0.25) is 0 Å². The fraction of sp³-hybridized carbons (Fsp3) is 1.00. The highest BCUT2D eigenvalue weighted by atomic mass is 28.4. The Morgan fingerprint density at radius 3 is 1.33 bits per heavy atom. The van der Waals surface area contributed by atoms with Crippen molar-refractivity contribution in [3.05, 3.63) is 0 Å². The number of rotatable bonds is 17. The van der Waals surface area contributed by atoms with Crippen LogP contribution in [-0.2, 0) is 26.6 Å². The van der Waals surface area contributed by atoms with Crippen LogP contribution >= 0.6 is 0 Å². The van der Waals surface area contributed by atoms with Gasteiger partial charge in [-0.25, -0.2) is 0 Å². The van der Waals surface area contributed by atoms with E-state index < -0.39 is 17.6 Å². The molecule has 24 heavy (non-hydrogen) atoms. The van der Waals surface area contributed by atoms with Crippen molar-refractivity contribution >= 4 is 17.6 Å². The highest BCUT2D eigenvalue weighted by molar-refractivity contribution is 6.60. The summed E-state index contributed by atoms with van der Waals surface area (Å²) in [7, 11) is 5.17. The zero-order valence-corrected chi connectivity index (χ0v) is 18.3. The lowest BCUT2D eigenvalue weighted by atomic mass is 10.2. The molecule has 9 heteroatoms. The largest absolute Gasteiger partial charge is 0.500 e. The van der Waals surface area contributed by atoms with E-state index in [0.29, 0.717) is 0 Å². The van der Waals surface area contributed by atoms with Crippen LogP contribution in [0.15, 0.2) is 0 Å². The van der Waals surface area contributed by atoms with Crippen LogP contribution in [0.25, 0.3) is 0 Å². The predicted molar refractivity (Wildman–Crippen MR) is 99.1 cm³/mol. The third-order valence-electron chi connectivity index (χ3n) is 4.29. The lowest BCUT2D eigenvalue weighted by molar-refractivity contribution is 0.122. The minimum atomic E-state index is -2.40. The predicted octanol–water partition coefficient (Wildman–Crippen LogP) is 2.28. The van der Waals surface area contributed by atoms with Crippen LogP contribution in [0.3, 0.4) is 0 Å². The van der Waals surface area contributed by atoms with Crippen molar-refractivity contribution in [2.24, 2.45) is 0 Å². The molecule has 0 radical (unpaired) electrons. The van der Waals surface area contributed by atoms with Crippen molar-refractivity contribution in [1.29, 1.82) is 0 Å². The fourth-order valence-corrected chi connectivity index (χ4v) is 6.13. The maximum absolute atomic E-state index is 5.42. The second-order valence-corrected chi connectivity index (χ2v) is 11.8. The van der Waals surface area contributed by atoms with Crippen LogP contribution in [0.5, 0.6) is 0 Å². The highest BCUT2D eigenvalue weighted by Gasteiger charge is 2.37. The van der Waals surface area contributed by atoms with Gasteiger partial charge in [-0.1, -0.05) is 12.8 Å². The van der Waals surface area contributed by atoms with Crippen molar-refractivity contribution in [2.75, 3.05) is 55.7 Å². The standard InChI is InChI=1S/C15H37NO6Si2/c1-17-23(18-2,19-3)14-10-8-7-9-12-16-13-11-15-24(20-4,21-5)22-6/h16H,7-15H2,1-6H3. The van der Waals surface area contributed by atoms with Gasteiger partial charge >= 0.3 is 17.6 Å². The summed E-state index contributed by atoms with van der Waals surface area (Å²) in [4.78, 5) is 0. The SMILES string of the molecule is CO[Si](CCCCCCNCCC[Si](OC)(OC)OC)(OC)OC. The lowest BCUT2D eigenvalue weighted by Gasteiger charge is -2.24. The highest BCUT2D eigenvalue weighted by Crippen LogP contribution is 2.17. The summed E-state index contributed by atoms with van der Waals surface area (Å²) in [6.45, 7) is 1.99. The zero-order valence-electron chi connectivity index (χ0n) is 16.3. The first kappa shape index (κ1) is 24.2. The molecule has 0 saturated heterocycles. The van der Waals surface area contributed by atoms with Crippen LogP contribution in [0.2, 0.25) is 12.1 Å². The van der Waals surface area contributed by atoms with Gasteiger partial charge in [-0.3, -0.25) is 0 Å². The third-order valence-corrected chi connectivity index (χ3v) is 9.95. The van der Waals surface area contributed by atoms with Crippen molar-refractivity contribution < 1.29 is 26.6 Å². The number of unbranched alkanes of at least 4 members (excludes halogenated alkanes) is 3. The maximum atomic E-state index is 5.42.